The summed E-state index contributed by atoms with van der Waals surface area (Å²) >= 11 is 0. The van der Waals surface area contributed by atoms with Crippen LogP contribution in [-0.4, -0.2) is 24.2 Å². The predicted molar refractivity (Wildman–Crippen MR) is 90.4 cm³/mol. The second kappa shape index (κ2) is 8.44. The van der Waals surface area contributed by atoms with Crippen molar-refractivity contribution in [1.82, 2.24) is 10.3 Å². The van der Waals surface area contributed by atoms with Crippen molar-refractivity contribution in [2.24, 2.45) is 0 Å². The molecule has 0 saturated carbocycles. The maximum atomic E-state index is 11.7. The first kappa shape index (κ1) is 16.4. The van der Waals surface area contributed by atoms with Gasteiger partial charge < -0.3 is 15.4 Å². The van der Waals surface area contributed by atoms with Crippen LogP contribution in [0.25, 0.3) is 0 Å². The number of anilines is 1. The number of nitrogens with one attached hydrogen (secondary N) is 2. The number of hydrogen-bond donors (Lipinski definition) is 2. The van der Waals surface area contributed by atoms with Gasteiger partial charge in [0.1, 0.15) is 12.4 Å². The molecule has 2 amide bonds. The third kappa shape index (κ3) is 5.71. The summed E-state index contributed by atoms with van der Waals surface area (Å²) < 4.78 is 5.41. The highest BCUT2D eigenvalue weighted by Gasteiger charge is 2.01. The molecular formula is C18H19N3O2. The molecule has 0 aliphatic heterocycles. The van der Waals surface area contributed by atoms with Crippen molar-refractivity contribution >= 4 is 11.7 Å². The average Bonchev–Trinajstić information content (AvgIpc) is 2.54. The summed E-state index contributed by atoms with van der Waals surface area (Å²) in [4.78, 5) is 15.8. The van der Waals surface area contributed by atoms with Gasteiger partial charge in [0.25, 0.3) is 0 Å². The number of benzene rings is 1. The number of aryl methyl sites for hydroxylation is 2. The van der Waals surface area contributed by atoms with Gasteiger partial charge in [-0.3, -0.25) is 4.98 Å². The zero-order chi connectivity index (χ0) is 16.5. The number of carbonyl (C=O) groups is 1. The number of rotatable bonds is 4. The van der Waals surface area contributed by atoms with E-state index in [0.29, 0.717) is 5.75 Å². The maximum absolute atomic E-state index is 11.7. The summed E-state index contributed by atoms with van der Waals surface area (Å²) in [5.41, 5.74) is 2.73. The van der Waals surface area contributed by atoms with E-state index in [9.17, 15) is 4.79 Å². The SMILES string of the molecule is Cc1ccc(OCC#CCNC(=O)Nc2ccccc2C)cn1. The Morgan fingerprint density at radius 1 is 1.17 bits per heavy atom. The van der Waals surface area contributed by atoms with Crippen molar-refractivity contribution in [2.45, 2.75) is 13.8 Å². The highest BCUT2D eigenvalue weighted by Crippen LogP contribution is 2.12. The van der Waals surface area contributed by atoms with E-state index in [-0.39, 0.29) is 19.2 Å². The minimum atomic E-state index is -0.280. The number of pyridine rings is 1. The van der Waals surface area contributed by atoms with Crippen molar-refractivity contribution in [1.29, 1.82) is 0 Å². The van der Waals surface area contributed by atoms with Crippen LogP contribution >= 0.6 is 0 Å². The topological polar surface area (TPSA) is 63.2 Å². The van der Waals surface area contributed by atoms with Crippen LogP contribution in [0.4, 0.5) is 10.5 Å². The number of carbonyl (C=O) groups excluding carboxylic acids is 1. The quantitative estimate of drug-likeness (QED) is 0.854. The molecule has 1 aromatic carbocycles. The molecule has 2 aromatic rings. The fourth-order valence-corrected chi connectivity index (χ4v) is 1.78. The number of aromatic nitrogens is 1. The number of nitrogens with zero attached hydrogens (tertiary/aromatic N) is 1. The third-order valence-electron chi connectivity index (χ3n) is 3.05. The summed E-state index contributed by atoms with van der Waals surface area (Å²) in [6, 6.07) is 11.0. The second-order valence-electron chi connectivity index (χ2n) is 4.90. The van der Waals surface area contributed by atoms with Crippen molar-refractivity contribution < 1.29 is 9.53 Å². The number of urea groups is 1. The smallest absolute Gasteiger partial charge is 0.320 e. The van der Waals surface area contributed by atoms with E-state index in [0.717, 1.165) is 16.9 Å². The molecule has 23 heavy (non-hydrogen) atoms. The zero-order valence-corrected chi connectivity index (χ0v) is 13.2. The molecule has 2 N–H and O–H groups in total. The first-order valence-electron chi connectivity index (χ1n) is 7.27. The Morgan fingerprint density at radius 2 is 2.00 bits per heavy atom. The number of amides is 2. The molecule has 0 saturated heterocycles. The van der Waals surface area contributed by atoms with Crippen LogP contribution in [0.3, 0.4) is 0 Å². The minimum Gasteiger partial charge on any atom is -0.479 e. The molecule has 0 aliphatic carbocycles. The highest BCUT2D eigenvalue weighted by atomic mass is 16.5. The van der Waals surface area contributed by atoms with E-state index in [1.54, 1.807) is 6.20 Å². The molecule has 0 unspecified atom stereocenters. The van der Waals surface area contributed by atoms with Gasteiger partial charge in [-0.25, -0.2) is 4.79 Å². The Labute approximate surface area is 136 Å². The Morgan fingerprint density at radius 3 is 2.74 bits per heavy atom. The van der Waals surface area contributed by atoms with Crippen LogP contribution in [0.1, 0.15) is 11.3 Å². The van der Waals surface area contributed by atoms with E-state index in [1.807, 2.05) is 50.2 Å². The molecule has 0 spiro atoms. The Kier molecular flexibility index (Phi) is 6.01. The lowest BCUT2D eigenvalue weighted by molar-refractivity contribution is 0.253. The number of para-hydroxylation sites is 1. The van der Waals surface area contributed by atoms with E-state index in [4.69, 9.17) is 4.74 Å². The van der Waals surface area contributed by atoms with Crippen molar-refractivity contribution in [2.75, 3.05) is 18.5 Å². The highest BCUT2D eigenvalue weighted by molar-refractivity contribution is 5.90. The van der Waals surface area contributed by atoms with Gasteiger partial charge in [0.05, 0.1) is 12.7 Å². The van der Waals surface area contributed by atoms with Crippen LogP contribution in [0, 0.1) is 25.7 Å². The fraction of sp³-hybridized carbons (Fsp3) is 0.222. The second-order valence-corrected chi connectivity index (χ2v) is 4.90. The van der Waals surface area contributed by atoms with Crippen molar-refractivity contribution in [3.63, 3.8) is 0 Å². The van der Waals surface area contributed by atoms with E-state index in [1.165, 1.54) is 0 Å². The van der Waals surface area contributed by atoms with Crippen LogP contribution in [0.5, 0.6) is 5.75 Å². The lowest BCUT2D eigenvalue weighted by Gasteiger charge is -2.07. The molecule has 1 heterocycles. The molecule has 0 fully saturated rings. The van der Waals surface area contributed by atoms with Gasteiger partial charge in [-0.05, 0) is 37.6 Å². The molecule has 5 nitrogen and oxygen atoms in total. The Hall–Kier alpha value is -3.00. The summed E-state index contributed by atoms with van der Waals surface area (Å²) in [5.74, 6) is 6.34. The molecule has 0 atom stereocenters. The summed E-state index contributed by atoms with van der Waals surface area (Å²) in [5, 5.41) is 5.45. The minimum absolute atomic E-state index is 0.256. The van der Waals surface area contributed by atoms with Crippen LogP contribution < -0.4 is 15.4 Å². The van der Waals surface area contributed by atoms with Crippen LogP contribution in [-0.2, 0) is 0 Å². The van der Waals surface area contributed by atoms with Gasteiger partial charge >= 0.3 is 6.03 Å². The van der Waals surface area contributed by atoms with Gasteiger partial charge in [-0.15, -0.1) is 0 Å². The van der Waals surface area contributed by atoms with Gasteiger partial charge in [0.2, 0.25) is 0 Å². The molecule has 0 aliphatic rings. The largest absolute Gasteiger partial charge is 0.479 e. The standard InChI is InChI=1S/C18H19N3O2/c1-14-7-3-4-8-17(14)21-18(22)19-11-5-6-12-23-16-10-9-15(2)20-13-16/h3-4,7-10,13H,11-12H2,1-2H3,(H2,19,21,22). The van der Waals surface area contributed by atoms with E-state index >= 15 is 0 Å². The lowest BCUT2D eigenvalue weighted by Crippen LogP contribution is -2.29. The normalized spacial score (nSPS) is 9.48. The van der Waals surface area contributed by atoms with Gasteiger partial charge in [-0.1, -0.05) is 30.0 Å². The molecule has 118 valence electrons. The zero-order valence-electron chi connectivity index (χ0n) is 13.2. The molecule has 5 heteroatoms. The maximum Gasteiger partial charge on any atom is 0.320 e. The number of ether oxygens (including phenoxy) is 1. The molecule has 1 aromatic heterocycles. The summed E-state index contributed by atoms with van der Waals surface area (Å²) in [6.45, 7) is 4.36. The van der Waals surface area contributed by atoms with Gasteiger partial charge in [-0.2, -0.15) is 0 Å². The van der Waals surface area contributed by atoms with Crippen LogP contribution in [0.2, 0.25) is 0 Å². The Balaban J connectivity index is 1.68. The third-order valence-corrected chi connectivity index (χ3v) is 3.05. The summed E-state index contributed by atoms with van der Waals surface area (Å²) in [6.07, 6.45) is 1.66. The van der Waals surface area contributed by atoms with Gasteiger partial charge in [0, 0.05) is 11.4 Å². The molecule has 0 bridgehead atoms. The lowest BCUT2D eigenvalue weighted by atomic mass is 10.2. The van der Waals surface area contributed by atoms with Crippen LogP contribution in [0.15, 0.2) is 42.6 Å². The first-order chi connectivity index (χ1) is 11.1. The first-order valence-corrected chi connectivity index (χ1v) is 7.27. The van der Waals surface area contributed by atoms with Gasteiger partial charge in [0.15, 0.2) is 0 Å². The fourth-order valence-electron chi connectivity index (χ4n) is 1.78. The molecule has 0 radical (unpaired) electrons. The predicted octanol–water partition coefficient (Wildman–Crippen LogP) is 2.90. The molecular weight excluding hydrogens is 290 g/mol. The number of hydrogen-bond acceptors (Lipinski definition) is 3. The van der Waals surface area contributed by atoms with E-state index in [2.05, 4.69) is 27.5 Å². The molecule has 2 rings (SSSR count). The van der Waals surface area contributed by atoms with Crippen molar-refractivity contribution in [3.8, 4) is 17.6 Å². The Bertz CT molecular complexity index is 715. The van der Waals surface area contributed by atoms with E-state index < -0.39 is 0 Å². The monoisotopic (exact) mass is 309 g/mol. The summed E-state index contributed by atoms with van der Waals surface area (Å²) in [7, 11) is 0. The van der Waals surface area contributed by atoms with Crippen molar-refractivity contribution in [3.05, 3.63) is 53.9 Å². The average molecular weight is 309 g/mol.